The molecule has 1 aromatic carbocycles. The molecule has 1 aromatic heterocycles. The molecule has 1 saturated heterocycles. The Morgan fingerprint density at radius 3 is 2.64 bits per heavy atom. The van der Waals surface area contributed by atoms with Gasteiger partial charge in [-0.3, -0.25) is 14.7 Å². The number of halogens is 1. The van der Waals surface area contributed by atoms with E-state index in [9.17, 15) is 9.59 Å². The minimum absolute atomic E-state index is 0.0220. The van der Waals surface area contributed by atoms with Crippen LogP contribution in [0.25, 0.3) is 11.3 Å². The molecule has 0 unspecified atom stereocenters. The molecule has 0 aliphatic carbocycles. The van der Waals surface area contributed by atoms with Crippen molar-refractivity contribution in [3.05, 3.63) is 41.0 Å². The number of rotatable bonds is 4. The molecule has 8 heteroatoms. The van der Waals surface area contributed by atoms with Gasteiger partial charge in [0.25, 0.3) is 5.91 Å². The Labute approximate surface area is 150 Å². The highest BCUT2D eigenvalue weighted by Crippen LogP contribution is 2.20. The Balaban J connectivity index is 1.64. The zero-order valence-electron chi connectivity index (χ0n) is 13.9. The maximum absolute atomic E-state index is 12.5. The van der Waals surface area contributed by atoms with Crippen molar-refractivity contribution < 1.29 is 14.3 Å². The molecule has 0 saturated carbocycles. The summed E-state index contributed by atoms with van der Waals surface area (Å²) in [7, 11) is 1.60. The third-order valence-electron chi connectivity index (χ3n) is 4.03. The van der Waals surface area contributed by atoms with E-state index in [-0.39, 0.29) is 18.4 Å². The minimum atomic E-state index is -0.283. The van der Waals surface area contributed by atoms with Crippen molar-refractivity contribution in [3.63, 3.8) is 0 Å². The number of aromatic nitrogens is 2. The summed E-state index contributed by atoms with van der Waals surface area (Å²) < 4.78 is 5.23. The van der Waals surface area contributed by atoms with E-state index < -0.39 is 0 Å². The van der Waals surface area contributed by atoms with E-state index in [4.69, 9.17) is 16.3 Å². The summed E-state index contributed by atoms with van der Waals surface area (Å²) in [6, 6.07) is 8.86. The highest BCUT2D eigenvalue weighted by Gasteiger charge is 2.22. The van der Waals surface area contributed by atoms with Crippen LogP contribution >= 0.6 is 11.6 Å². The van der Waals surface area contributed by atoms with Crippen LogP contribution in [0.5, 0.6) is 0 Å². The number of benzene rings is 1. The third kappa shape index (κ3) is 4.18. The van der Waals surface area contributed by atoms with Crippen molar-refractivity contribution in [3.8, 4) is 11.3 Å². The van der Waals surface area contributed by atoms with Gasteiger partial charge in [0.05, 0.1) is 25.5 Å². The Hall–Kier alpha value is -2.38. The topological polar surface area (TPSA) is 78.5 Å². The summed E-state index contributed by atoms with van der Waals surface area (Å²) in [6.45, 7) is 2.22. The molecule has 0 radical (unpaired) electrons. The van der Waals surface area contributed by atoms with Crippen molar-refractivity contribution in [1.29, 1.82) is 0 Å². The molecular formula is C17H19ClN4O3. The number of carbonyl (C=O) groups is 2. The lowest BCUT2D eigenvalue weighted by molar-refractivity contribution is -0.135. The van der Waals surface area contributed by atoms with Gasteiger partial charge in [0.1, 0.15) is 5.69 Å². The van der Waals surface area contributed by atoms with E-state index in [1.54, 1.807) is 30.1 Å². The summed E-state index contributed by atoms with van der Waals surface area (Å²) in [4.78, 5) is 27.8. The molecule has 1 fully saturated rings. The molecule has 0 atom stereocenters. The van der Waals surface area contributed by atoms with E-state index in [2.05, 4.69) is 10.2 Å². The minimum Gasteiger partial charge on any atom is -0.378 e. The third-order valence-corrected chi connectivity index (χ3v) is 4.28. The lowest BCUT2D eigenvalue weighted by Gasteiger charge is -2.28. The average molecular weight is 363 g/mol. The number of carbonyl (C=O) groups excluding carboxylic acids is 2. The Morgan fingerprint density at radius 2 is 1.96 bits per heavy atom. The first-order valence-corrected chi connectivity index (χ1v) is 8.35. The van der Waals surface area contributed by atoms with Gasteiger partial charge in [-0.15, -0.1) is 0 Å². The number of nitrogens with zero attached hydrogens (tertiary/aromatic N) is 3. The van der Waals surface area contributed by atoms with Crippen molar-refractivity contribution in [2.45, 2.75) is 0 Å². The molecule has 1 aliphatic rings. The molecule has 132 valence electrons. The second-order valence-corrected chi connectivity index (χ2v) is 6.26. The van der Waals surface area contributed by atoms with Gasteiger partial charge in [0, 0.05) is 30.7 Å². The van der Waals surface area contributed by atoms with Crippen molar-refractivity contribution in [1.82, 2.24) is 20.0 Å². The fourth-order valence-electron chi connectivity index (χ4n) is 2.59. The monoisotopic (exact) mass is 362 g/mol. The van der Waals surface area contributed by atoms with Crippen LogP contribution in [0, 0.1) is 0 Å². The van der Waals surface area contributed by atoms with Crippen molar-refractivity contribution in [2.24, 2.45) is 0 Å². The summed E-state index contributed by atoms with van der Waals surface area (Å²) >= 11 is 5.88. The summed E-state index contributed by atoms with van der Waals surface area (Å²) in [5, 5.41) is 7.53. The second kappa shape index (κ2) is 7.67. The summed E-state index contributed by atoms with van der Waals surface area (Å²) in [6.07, 6.45) is 0. The molecule has 25 heavy (non-hydrogen) atoms. The van der Waals surface area contributed by atoms with Gasteiger partial charge in [0.2, 0.25) is 5.91 Å². The van der Waals surface area contributed by atoms with Crippen LogP contribution in [-0.4, -0.2) is 71.7 Å². The zero-order chi connectivity index (χ0) is 17.8. The first-order chi connectivity index (χ1) is 12.0. The van der Waals surface area contributed by atoms with Crippen molar-refractivity contribution in [2.75, 3.05) is 39.9 Å². The van der Waals surface area contributed by atoms with E-state index in [0.29, 0.717) is 42.7 Å². The number of hydrogen-bond acceptors (Lipinski definition) is 4. The largest absolute Gasteiger partial charge is 0.378 e. The molecular weight excluding hydrogens is 344 g/mol. The summed E-state index contributed by atoms with van der Waals surface area (Å²) in [5.74, 6) is -0.370. The number of nitrogens with one attached hydrogen (secondary N) is 1. The van der Waals surface area contributed by atoms with Crippen LogP contribution in [-0.2, 0) is 9.53 Å². The maximum atomic E-state index is 12.5. The van der Waals surface area contributed by atoms with Crippen LogP contribution in [0.3, 0.4) is 0 Å². The van der Waals surface area contributed by atoms with E-state index in [1.165, 1.54) is 4.90 Å². The molecule has 1 aliphatic heterocycles. The highest BCUT2D eigenvalue weighted by atomic mass is 35.5. The van der Waals surface area contributed by atoms with E-state index in [1.807, 2.05) is 12.1 Å². The number of aromatic amines is 1. The standard InChI is InChI=1S/C17H19ClN4O3/c1-21(11-16(23)22-6-8-25-9-7-22)17(24)15-10-14(19-20-15)12-2-4-13(18)5-3-12/h2-5,10H,6-9,11H2,1H3,(H,19,20). The quantitative estimate of drug-likeness (QED) is 0.897. The van der Waals surface area contributed by atoms with Gasteiger partial charge < -0.3 is 14.5 Å². The van der Waals surface area contributed by atoms with Crippen LogP contribution in [0.15, 0.2) is 30.3 Å². The number of morpholine rings is 1. The first-order valence-electron chi connectivity index (χ1n) is 7.97. The van der Waals surface area contributed by atoms with Gasteiger partial charge in [0.15, 0.2) is 0 Å². The molecule has 2 heterocycles. The SMILES string of the molecule is CN(CC(=O)N1CCOCC1)C(=O)c1cc(-c2ccc(Cl)cc2)n[nH]1. The smallest absolute Gasteiger partial charge is 0.272 e. The van der Waals surface area contributed by atoms with E-state index >= 15 is 0 Å². The lowest BCUT2D eigenvalue weighted by Crippen LogP contribution is -2.46. The Morgan fingerprint density at radius 1 is 1.28 bits per heavy atom. The molecule has 2 aromatic rings. The van der Waals surface area contributed by atoms with Crippen LogP contribution in [0.2, 0.25) is 5.02 Å². The Bertz CT molecular complexity index is 754. The molecule has 0 spiro atoms. The molecule has 2 amide bonds. The average Bonchev–Trinajstić information content (AvgIpc) is 3.12. The molecule has 3 rings (SSSR count). The highest BCUT2D eigenvalue weighted by molar-refractivity contribution is 6.30. The van der Waals surface area contributed by atoms with Gasteiger partial charge in [-0.25, -0.2) is 0 Å². The van der Waals surface area contributed by atoms with Crippen LogP contribution in [0.4, 0.5) is 0 Å². The number of amides is 2. The van der Waals surface area contributed by atoms with Crippen LogP contribution < -0.4 is 0 Å². The Kier molecular flexibility index (Phi) is 5.35. The number of ether oxygens (including phenoxy) is 1. The summed E-state index contributed by atoms with van der Waals surface area (Å²) in [5.41, 5.74) is 1.84. The van der Waals surface area contributed by atoms with Gasteiger partial charge in [-0.1, -0.05) is 23.7 Å². The molecule has 7 nitrogen and oxygen atoms in total. The fraction of sp³-hybridized carbons (Fsp3) is 0.353. The predicted molar refractivity (Wildman–Crippen MR) is 93.4 cm³/mol. The van der Waals surface area contributed by atoms with Gasteiger partial charge in [-0.2, -0.15) is 5.10 Å². The number of H-pyrrole nitrogens is 1. The zero-order valence-corrected chi connectivity index (χ0v) is 14.6. The first kappa shape index (κ1) is 17.4. The van der Waals surface area contributed by atoms with Crippen LogP contribution in [0.1, 0.15) is 10.5 Å². The molecule has 1 N–H and O–H groups in total. The lowest BCUT2D eigenvalue weighted by atomic mass is 10.1. The maximum Gasteiger partial charge on any atom is 0.272 e. The predicted octanol–water partition coefficient (Wildman–Crippen LogP) is 1.66. The van der Waals surface area contributed by atoms with Gasteiger partial charge >= 0.3 is 0 Å². The molecule has 0 bridgehead atoms. The normalized spacial score (nSPS) is 14.4. The van der Waals surface area contributed by atoms with Gasteiger partial charge in [-0.05, 0) is 18.2 Å². The second-order valence-electron chi connectivity index (χ2n) is 5.83. The van der Waals surface area contributed by atoms with Crippen molar-refractivity contribution >= 4 is 23.4 Å². The fourth-order valence-corrected chi connectivity index (χ4v) is 2.72. The number of likely N-dealkylation sites (N-methyl/N-ethyl adjacent to an activating group) is 1. The van der Waals surface area contributed by atoms with E-state index in [0.717, 1.165) is 5.56 Å². The number of hydrogen-bond donors (Lipinski definition) is 1.